The van der Waals surface area contributed by atoms with Gasteiger partial charge in [-0.15, -0.1) is 0 Å². The number of halogens is 2. The molecule has 3 nitrogen and oxygen atoms in total. The van der Waals surface area contributed by atoms with Crippen molar-refractivity contribution in [2.24, 2.45) is 5.73 Å². The van der Waals surface area contributed by atoms with E-state index in [1.54, 1.807) is 12.4 Å². The number of nitrogens with zero attached hydrogens (tertiary/aromatic N) is 1. The summed E-state index contributed by atoms with van der Waals surface area (Å²) in [5.41, 5.74) is 6.81. The van der Waals surface area contributed by atoms with Gasteiger partial charge in [0.15, 0.2) is 0 Å². The molecule has 0 fully saturated rings. The van der Waals surface area contributed by atoms with E-state index in [2.05, 4.69) is 36.8 Å². The Hall–Kier alpha value is -0.910. The predicted molar refractivity (Wildman–Crippen MR) is 78.5 cm³/mol. The van der Waals surface area contributed by atoms with E-state index in [-0.39, 0.29) is 6.10 Å². The van der Waals surface area contributed by atoms with Crippen molar-refractivity contribution in [2.75, 3.05) is 6.54 Å². The Kier molecular flexibility index (Phi) is 4.74. The van der Waals surface area contributed by atoms with Gasteiger partial charge in [-0.25, -0.2) is 0 Å². The van der Waals surface area contributed by atoms with E-state index in [4.69, 9.17) is 10.5 Å². The summed E-state index contributed by atoms with van der Waals surface area (Å²) in [6.45, 7) is 0.398. The van der Waals surface area contributed by atoms with Crippen LogP contribution in [0.15, 0.2) is 51.7 Å². The molecule has 94 valence electrons. The molecule has 0 spiro atoms. The molecule has 5 heteroatoms. The maximum absolute atomic E-state index is 5.86. The van der Waals surface area contributed by atoms with Crippen LogP contribution >= 0.6 is 31.9 Å². The molecule has 0 saturated heterocycles. The number of rotatable bonds is 4. The fourth-order valence-electron chi connectivity index (χ4n) is 1.60. The summed E-state index contributed by atoms with van der Waals surface area (Å²) in [5.74, 6) is 0.690. The lowest BCUT2D eigenvalue weighted by atomic mass is 10.1. The van der Waals surface area contributed by atoms with Crippen molar-refractivity contribution in [3.05, 3.63) is 57.2 Å². The zero-order valence-corrected chi connectivity index (χ0v) is 12.7. The second kappa shape index (κ2) is 6.31. The number of benzene rings is 1. The van der Waals surface area contributed by atoms with Gasteiger partial charge in [0.1, 0.15) is 11.9 Å². The quantitative estimate of drug-likeness (QED) is 0.891. The van der Waals surface area contributed by atoms with Gasteiger partial charge in [0.25, 0.3) is 0 Å². The van der Waals surface area contributed by atoms with Gasteiger partial charge in [-0.05, 0) is 28.1 Å². The normalized spacial score (nSPS) is 12.2. The van der Waals surface area contributed by atoms with Crippen LogP contribution in [0.2, 0.25) is 0 Å². The molecular weight excluding hydrogens is 360 g/mol. The molecule has 1 aromatic heterocycles. The SMILES string of the molecule is NCC(Oc1cncc(Br)c1)c1ccccc1Br. The highest BCUT2D eigenvalue weighted by molar-refractivity contribution is 9.10. The van der Waals surface area contributed by atoms with Crippen LogP contribution in [0.25, 0.3) is 0 Å². The molecule has 0 radical (unpaired) electrons. The number of hydrogen-bond acceptors (Lipinski definition) is 3. The van der Waals surface area contributed by atoms with Crippen LogP contribution in [0, 0.1) is 0 Å². The number of nitrogens with two attached hydrogens (primary N) is 1. The molecule has 0 aliphatic rings. The molecule has 2 N–H and O–H groups in total. The highest BCUT2D eigenvalue weighted by Gasteiger charge is 2.14. The van der Waals surface area contributed by atoms with Gasteiger partial charge in [0.05, 0.1) is 6.20 Å². The molecule has 0 aliphatic carbocycles. The van der Waals surface area contributed by atoms with Crippen LogP contribution in [0.3, 0.4) is 0 Å². The molecule has 2 rings (SSSR count). The van der Waals surface area contributed by atoms with E-state index >= 15 is 0 Å². The van der Waals surface area contributed by atoms with Gasteiger partial charge >= 0.3 is 0 Å². The molecular formula is C13H12Br2N2O. The third-order valence-electron chi connectivity index (χ3n) is 2.42. The van der Waals surface area contributed by atoms with E-state index in [0.717, 1.165) is 14.5 Å². The number of aromatic nitrogens is 1. The van der Waals surface area contributed by atoms with Gasteiger partial charge in [-0.1, -0.05) is 34.1 Å². The smallest absolute Gasteiger partial charge is 0.139 e. The number of pyridine rings is 1. The van der Waals surface area contributed by atoms with Gasteiger partial charge in [-0.3, -0.25) is 4.98 Å². The second-order valence-corrected chi connectivity index (χ2v) is 5.47. The molecule has 0 saturated carbocycles. The molecule has 2 aromatic rings. The minimum Gasteiger partial charge on any atom is -0.483 e. The van der Waals surface area contributed by atoms with E-state index in [0.29, 0.717) is 12.3 Å². The highest BCUT2D eigenvalue weighted by Crippen LogP contribution is 2.27. The standard InChI is InChI=1S/C13H12Br2N2O/c14-9-5-10(8-17-7-9)18-13(6-16)11-3-1-2-4-12(11)15/h1-5,7-8,13H,6,16H2. The van der Waals surface area contributed by atoms with Crippen LogP contribution in [-0.2, 0) is 0 Å². The third-order valence-corrected chi connectivity index (χ3v) is 3.58. The average Bonchev–Trinajstić information content (AvgIpc) is 2.37. The zero-order chi connectivity index (χ0) is 13.0. The minimum absolute atomic E-state index is 0.198. The fourth-order valence-corrected chi connectivity index (χ4v) is 2.48. The van der Waals surface area contributed by atoms with Crippen LogP contribution in [0.5, 0.6) is 5.75 Å². The first kappa shape index (κ1) is 13.5. The van der Waals surface area contributed by atoms with Crippen LogP contribution in [0.4, 0.5) is 0 Å². The van der Waals surface area contributed by atoms with Gasteiger partial charge in [0, 0.05) is 27.3 Å². The predicted octanol–water partition coefficient (Wildman–Crippen LogP) is 3.69. The number of ether oxygens (including phenoxy) is 1. The first-order valence-electron chi connectivity index (χ1n) is 5.42. The molecule has 1 heterocycles. The van der Waals surface area contributed by atoms with E-state index < -0.39 is 0 Å². The monoisotopic (exact) mass is 370 g/mol. The van der Waals surface area contributed by atoms with Crippen molar-refractivity contribution in [3.8, 4) is 5.75 Å². The Morgan fingerprint density at radius 3 is 2.67 bits per heavy atom. The van der Waals surface area contributed by atoms with Crippen molar-refractivity contribution in [3.63, 3.8) is 0 Å². The summed E-state index contributed by atoms with van der Waals surface area (Å²) in [4.78, 5) is 4.06. The molecule has 18 heavy (non-hydrogen) atoms. The van der Waals surface area contributed by atoms with Gasteiger partial charge < -0.3 is 10.5 Å². The first-order valence-corrected chi connectivity index (χ1v) is 7.01. The molecule has 0 bridgehead atoms. The summed E-state index contributed by atoms with van der Waals surface area (Å²) >= 11 is 6.87. The minimum atomic E-state index is -0.198. The molecule has 1 atom stereocenters. The summed E-state index contributed by atoms with van der Waals surface area (Å²) in [5, 5.41) is 0. The zero-order valence-electron chi connectivity index (χ0n) is 9.51. The Morgan fingerprint density at radius 1 is 1.22 bits per heavy atom. The maximum atomic E-state index is 5.86. The Bertz CT molecular complexity index is 534. The molecule has 0 amide bonds. The van der Waals surface area contributed by atoms with E-state index in [1.165, 1.54) is 0 Å². The third kappa shape index (κ3) is 3.31. The van der Waals surface area contributed by atoms with Crippen molar-refractivity contribution in [1.29, 1.82) is 0 Å². The van der Waals surface area contributed by atoms with Gasteiger partial charge in [-0.2, -0.15) is 0 Å². The summed E-state index contributed by atoms with van der Waals surface area (Å²) < 4.78 is 7.73. The Morgan fingerprint density at radius 2 is 2.00 bits per heavy atom. The molecule has 0 aliphatic heterocycles. The van der Waals surface area contributed by atoms with Crippen molar-refractivity contribution < 1.29 is 4.74 Å². The van der Waals surface area contributed by atoms with Crippen LogP contribution in [0.1, 0.15) is 11.7 Å². The van der Waals surface area contributed by atoms with Crippen molar-refractivity contribution in [1.82, 2.24) is 4.98 Å². The highest BCUT2D eigenvalue weighted by atomic mass is 79.9. The average molecular weight is 372 g/mol. The number of hydrogen-bond donors (Lipinski definition) is 1. The van der Waals surface area contributed by atoms with E-state index in [1.807, 2.05) is 30.3 Å². The van der Waals surface area contributed by atoms with E-state index in [9.17, 15) is 0 Å². The van der Waals surface area contributed by atoms with Gasteiger partial charge in [0.2, 0.25) is 0 Å². The van der Waals surface area contributed by atoms with Crippen molar-refractivity contribution in [2.45, 2.75) is 6.10 Å². The fraction of sp³-hybridized carbons (Fsp3) is 0.154. The maximum Gasteiger partial charge on any atom is 0.139 e. The lowest BCUT2D eigenvalue weighted by Crippen LogP contribution is -2.19. The van der Waals surface area contributed by atoms with Crippen LogP contribution in [-0.4, -0.2) is 11.5 Å². The van der Waals surface area contributed by atoms with Crippen molar-refractivity contribution >= 4 is 31.9 Å². The molecule has 1 aromatic carbocycles. The summed E-state index contributed by atoms with van der Waals surface area (Å²) in [6.07, 6.45) is 3.18. The first-order chi connectivity index (χ1) is 8.70. The Balaban J connectivity index is 2.23. The summed E-state index contributed by atoms with van der Waals surface area (Å²) in [6, 6.07) is 9.76. The Labute approximate surface area is 123 Å². The summed E-state index contributed by atoms with van der Waals surface area (Å²) in [7, 11) is 0. The topological polar surface area (TPSA) is 48.1 Å². The lowest BCUT2D eigenvalue weighted by molar-refractivity contribution is 0.212. The second-order valence-electron chi connectivity index (χ2n) is 3.70. The van der Waals surface area contributed by atoms with Crippen LogP contribution < -0.4 is 10.5 Å². The molecule has 1 unspecified atom stereocenters. The largest absolute Gasteiger partial charge is 0.483 e. The lowest BCUT2D eigenvalue weighted by Gasteiger charge is -2.18.